The Morgan fingerprint density at radius 1 is 1.64 bits per heavy atom. The zero-order chi connectivity index (χ0) is 10.6. The van der Waals surface area contributed by atoms with Crippen molar-refractivity contribution in [3.63, 3.8) is 0 Å². The number of rotatable bonds is 5. The van der Waals surface area contributed by atoms with Gasteiger partial charge in [0.2, 0.25) is 0 Å². The molecule has 1 rings (SSSR count). The lowest BCUT2D eigenvalue weighted by Crippen LogP contribution is -2.35. The van der Waals surface area contributed by atoms with Gasteiger partial charge in [0, 0.05) is 23.2 Å². The standard InChI is InChI=1S/C9H17N3OS/c1-9(2,10)3-4-11-5-7-6-14-8(13)12-7/h6,11H,3-5,10H2,1-2H3,(H,12,13). The third-order valence-corrected chi connectivity index (χ3v) is 2.55. The van der Waals surface area contributed by atoms with Gasteiger partial charge >= 0.3 is 4.87 Å². The van der Waals surface area contributed by atoms with Crippen molar-refractivity contribution >= 4 is 11.3 Å². The summed E-state index contributed by atoms with van der Waals surface area (Å²) in [5.74, 6) is 0. The van der Waals surface area contributed by atoms with Gasteiger partial charge < -0.3 is 16.0 Å². The van der Waals surface area contributed by atoms with Crippen LogP contribution < -0.4 is 15.9 Å². The first-order valence-electron chi connectivity index (χ1n) is 4.64. The maximum Gasteiger partial charge on any atom is 0.304 e. The average molecular weight is 215 g/mol. The van der Waals surface area contributed by atoms with Gasteiger partial charge in [-0.25, -0.2) is 0 Å². The first kappa shape index (κ1) is 11.4. The molecule has 4 N–H and O–H groups in total. The highest BCUT2D eigenvalue weighted by molar-refractivity contribution is 7.07. The van der Waals surface area contributed by atoms with Gasteiger partial charge in [-0.05, 0) is 26.8 Å². The summed E-state index contributed by atoms with van der Waals surface area (Å²) in [5, 5.41) is 5.06. The fraction of sp³-hybridized carbons (Fsp3) is 0.667. The quantitative estimate of drug-likeness (QED) is 0.632. The summed E-state index contributed by atoms with van der Waals surface area (Å²) in [7, 11) is 0. The number of nitrogens with one attached hydrogen (secondary N) is 2. The Hall–Kier alpha value is -0.650. The Morgan fingerprint density at radius 2 is 2.36 bits per heavy atom. The molecule has 0 saturated heterocycles. The van der Waals surface area contributed by atoms with Crippen LogP contribution in [0.15, 0.2) is 10.2 Å². The van der Waals surface area contributed by atoms with E-state index in [0.29, 0.717) is 6.54 Å². The first-order chi connectivity index (χ1) is 6.47. The SMILES string of the molecule is CC(C)(N)CCNCc1csc(=O)[nH]1. The molecule has 0 aliphatic carbocycles. The van der Waals surface area contributed by atoms with E-state index in [9.17, 15) is 4.79 Å². The van der Waals surface area contributed by atoms with Gasteiger partial charge in [0.1, 0.15) is 0 Å². The van der Waals surface area contributed by atoms with Crippen LogP contribution in [-0.2, 0) is 6.54 Å². The van der Waals surface area contributed by atoms with E-state index >= 15 is 0 Å². The minimum atomic E-state index is -0.130. The second-order valence-corrected chi connectivity index (χ2v) is 4.93. The third kappa shape index (κ3) is 4.55. The molecule has 0 radical (unpaired) electrons. The predicted octanol–water partition coefficient (Wildman–Crippen LogP) is 0.653. The molecule has 0 aliphatic rings. The molecule has 0 fully saturated rings. The minimum absolute atomic E-state index is 0.000884. The summed E-state index contributed by atoms with van der Waals surface area (Å²) in [6.45, 7) is 5.57. The zero-order valence-corrected chi connectivity index (χ0v) is 9.41. The van der Waals surface area contributed by atoms with E-state index in [1.54, 1.807) is 0 Å². The third-order valence-electron chi connectivity index (χ3n) is 1.83. The smallest absolute Gasteiger partial charge is 0.304 e. The second-order valence-electron chi connectivity index (χ2n) is 4.09. The van der Waals surface area contributed by atoms with Gasteiger partial charge in [-0.2, -0.15) is 0 Å². The highest BCUT2D eigenvalue weighted by atomic mass is 32.1. The van der Waals surface area contributed by atoms with Crippen molar-refractivity contribution in [2.45, 2.75) is 32.4 Å². The van der Waals surface area contributed by atoms with E-state index in [1.807, 2.05) is 19.2 Å². The summed E-state index contributed by atoms with van der Waals surface area (Å²) in [5.41, 5.74) is 6.63. The van der Waals surface area contributed by atoms with Crippen LogP contribution in [0.3, 0.4) is 0 Å². The lowest BCUT2D eigenvalue weighted by Gasteiger charge is -2.18. The number of aromatic nitrogens is 1. The molecule has 0 amide bonds. The molecule has 0 aliphatic heterocycles. The summed E-state index contributed by atoms with van der Waals surface area (Å²) in [6, 6.07) is 0. The van der Waals surface area contributed by atoms with Crippen LogP contribution >= 0.6 is 11.3 Å². The first-order valence-corrected chi connectivity index (χ1v) is 5.52. The summed E-state index contributed by atoms with van der Waals surface area (Å²) >= 11 is 1.19. The van der Waals surface area contributed by atoms with E-state index in [2.05, 4.69) is 10.3 Å². The number of nitrogens with two attached hydrogens (primary N) is 1. The van der Waals surface area contributed by atoms with Crippen molar-refractivity contribution in [1.29, 1.82) is 0 Å². The van der Waals surface area contributed by atoms with Gasteiger partial charge in [-0.3, -0.25) is 4.79 Å². The van der Waals surface area contributed by atoms with E-state index in [1.165, 1.54) is 11.3 Å². The van der Waals surface area contributed by atoms with Crippen molar-refractivity contribution in [3.05, 3.63) is 20.7 Å². The van der Waals surface area contributed by atoms with Crippen molar-refractivity contribution in [2.24, 2.45) is 5.73 Å². The maximum absolute atomic E-state index is 10.8. The Bertz CT molecular complexity index is 323. The largest absolute Gasteiger partial charge is 0.326 e. The number of thiazole rings is 1. The number of H-pyrrole nitrogens is 1. The van der Waals surface area contributed by atoms with Crippen molar-refractivity contribution in [2.75, 3.05) is 6.54 Å². The molecule has 0 saturated carbocycles. The highest BCUT2D eigenvalue weighted by Gasteiger charge is 2.08. The molecular formula is C9H17N3OS. The van der Waals surface area contributed by atoms with Gasteiger partial charge in [-0.15, -0.1) is 0 Å². The lowest BCUT2D eigenvalue weighted by molar-refractivity contribution is 0.454. The van der Waals surface area contributed by atoms with E-state index in [-0.39, 0.29) is 10.4 Å². The van der Waals surface area contributed by atoms with Crippen molar-refractivity contribution < 1.29 is 0 Å². The molecule has 80 valence electrons. The van der Waals surface area contributed by atoms with Crippen LogP contribution in [0.5, 0.6) is 0 Å². The topological polar surface area (TPSA) is 70.9 Å². The van der Waals surface area contributed by atoms with E-state index in [4.69, 9.17) is 5.73 Å². The Balaban J connectivity index is 2.19. The van der Waals surface area contributed by atoms with Gasteiger partial charge in [0.05, 0.1) is 0 Å². The molecule has 0 unspecified atom stereocenters. The van der Waals surface area contributed by atoms with Crippen LogP contribution in [0.2, 0.25) is 0 Å². The Morgan fingerprint density at radius 3 is 2.86 bits per heavy atom. The molecule has 5 heteroatoms. The van der Waals surface area contributed by atoms with Gasteiger partial charge in [0.15, 0.2) is 0 Å². The predicted molar refractivity (Wildman–Crippen MR) is 59.5 cm³/mol. The molecule has 1 heterocycles. The molecular weight excluding hydrogens is 198 g/mol. The number of hydrogen-bond donors (Lipinski definition) is 3. The normalized spacial score (nSPS) is 11.9. The van der Waals surface area contributed by atoms with E-state index in [0.717, 1.165) is 18.7 Å². The Labute approximate surface area is 87.5 Å². The summed E-state index contributed by atoms with van der Waals surface area (Å²) in [6.07, 6.45) is 0.918. The van der Waals surface area contributed by atoms with Crippen LogP contribution in [-0.4, -0.2) is 17.1 Å². The molecule has 0 aromatic carbocycles. The average Bonchev–Trinajstić information content (AvgIpc) is 2.44. The second kappa shape index (κ2) is 4.72. The molecule has 0 atom stereocenters. The molecule has 14 heavy (non-hydrogen) atoms. The fourth-order valence-corrected chi connectivity index (χ4v) is 1.62. The Kier molecular flexibility index (Phi) is 3.86. The van der Waals surface area contributed by atoms with Gasteiger partial charge in [-0.1, -0.05) is 11.3 Å². The molecule has 4 nitrogen and oxygen atoms in total. The number of hydrogen-bond acceptors (Lipinski definition) is 4. The van der Waals surface area contributed by atoms with Gasteiger partial charge in [0.25, 0.3) is 0 Å². The molecule has 0 spiro atoms. The summed E-state index contributed by atoms with van der Waals surface area (Å²) in [4.78, 5) is 13.5. The van der Waals surface area contributed by atoms with Crippen molar-refractivity contribution in [1.82, 2.24) is 10.3 Å². The number of aromatic amines is 1. The van der Waals surface area contributed by atoms with Crippen molar-refractivity contribution in [3.8, 4) is 0 Å². The fourth-order valence-electron chi connectivity index (χ4n) is 1.03. The van der Waals surface area contributed by atoms with Crippen LogP contribution in [0, 0.1) is 0 Å². The monoisotopic (exact) mass is 215 g/mol. The molecule has 1 aromatic heterocycles. The van der Waals surface area contributed by atoms with Crippen LogP contribution in [0.1, 0.15) is 26.0 Å². The zero-order valence-electron chi connectivity index (χ0n) is 8.59. The minimum Gasteiger partial charge on any atom is -0.326 e. The lowest BCUT2D eigenvalue weighted by atomic mass is 10.0. The van der Waals surface area contributed by atoms with Crippen LogP contribution in [0.4, 0.5) is 0 Å². The maximum atomic E-state index is 10.8. The van der Waals surface area contributed by atoms with Crippen LogP contribution in [0.25, 0.3) is 0 Å². The highest BCUT2D eigenvalue weighted by Crippen LogP contribution is 2.01. The molecule has 0 bridgehead atoms. The van der Waals surface area contributed by atoms with E-state index < -0.39 is 0 Å². The summed E-state index contributed by atoms with van der Waals surface area (Å²) < 4.78 is 0. The molecule has 1 aromatic rings.